The minimum Gasteiger partial charge on any atom is -0.481 e. The molecular formula is C8H14O4SZn. The number of rotatable bonds is 5. The van der Waals surface area contributed by atoms with Crippen molar-refractivity contribution in [3.8, 4) is 0 Å². The zero-order valence-corrected chi connectivity index (χ0v) is 12.2. The summed E-state index contributed by atoms with van der Waals surface area (Å²) in [5.41, 5.74) is -1.26. The first-order valence-corrected chi connectivity index (χ1v) is 4.58. The van der Waals surface area contributed by atoms with E-state index in [9.17, 15) is 9.59 Å². The molecule has 0 saturated carbocycles. The van der Waals surface area contributed by atoms with E-state index in [-0.39, 0.29) is 32.3 Å². The summed E-state index contributed by atoms with van der Waals surface area (Å²) in [6.07, 6.45) is 0.526. The van der Waals surface area contributed by atoms with E-state index in [1.54, 1.807) is 13.8 Å². The van der Waals surface area contributed by atoms with Gasteiger partial charge in [0.2, 0.25) is 0 Å². The zero-order valence-electron chi connectivity index (χ0n) is 8.36. The Balaban J connectivity index is 0. The van der Waals surface area contributed by atoms with Crippen LogP contribution < -0.4 is 0 Å². The maximum atomic E-state index is 10.9. The van der Waals surface area contributed by atoms with Crippen LogP contribution >= 0.6 is 12.6 Å². The molecule has 0 amide bonds. The van der Waals surface area contributed by atoms with E-state index in [1.165, 1.54) is 0 Å². The van der Waals surface area contributed by atoms with Crippen LogP contribution in [0.5, 0.6) is 0 Å². The smallest absolute Gasteiger partial charge is 0.317 e. The third-order valence-electron chi connectivity index (χ3n) is 2.45. The molecule has 0 heterocycles. The molecule has 14 heavy (non-hydrogen) atoms. The Morgan fingerprint density at radius 2 is 1.64 bits per heavy atom. The summed E-state index contributed by atoms with van der Waals surface area (Å²) in [5.74, 6) is -2.28. The summed E-state index contributed by atoms with van der Waals surface area (Å²) in [7, 11) is 0. The number of carbonyl (C=O) groups is 2. The number of hydrogen-bond donors (Lipinski definition) is 3. The minimum atomic E-state index is -1.26. The minimum absolute atomic E-state index is 0. The first kappa shape index (κ1) is 16.3. The van der Waals surface area contributed by atoms with Gasteiger partial charge in [0.15, 0.2) is 0 Å². The maximum Gasteiger partial charge on any atom is 0.317 e. The number of carboxylic acids is 2. The number of aliphatic carboxylic acids is 2. The summed E-state index contributed by atoms with van der Waals surface area (Å²) in [5, 5.41) is 16.5. The molecule has 0 aromatic rings. The predicted molar refractivity (Wildman–Crippen MR) is 51.1 cm³/mol. The van der Waals surface area contributed by atoms with Crippen LogP contribution in [0, 0.1) is 5.41 Å². The molecule has 0 aromatic heterocycles. The Bertz CT molecular complexity index is 215. The standard InChI is InChI=1S/C8H14O4S.Zn/c1-3-8(4-2,7(11)12)5(13)6(9)10;/h5,13H,3-4H2,1-2H3,(H,9,10)(H,11,12);. The quantitative estimate of drug-likeness (QED) is 0.520. The third-order valence-corrected chi connectivity index (χ3v) is 3.16. The van der Waals surface area contributed by atoms with Crippen molar-refractivity contribution in [2.45, 2.75) is 31.9 Å². The Morgan fingerprint density at radius 1 is 1.29 bits per heavy atom. The molecule has 0 bridgehead atoms. The average Bonchev–Trinajstić information content (AvgIpc) is 2.06. The SMILES string of the molecule is CCC(CC)(C(=O)O)C(S)C(=O)O.[Zn]. The van der Waals surface area contributed by atoms with E-state index in [1.807, 2.05) is 0 Å². The zero-order chi connectivity index (χ0) is 10.6. The molecule has 0 spiro atoms. The maximum absolute atomic E-state index is 10.9. The van der Waals surface area contributed by atoms with Gasteiger partial charge in [-0.25, -0.2) is 0 Å². The topological polar surface area (TPSA) is 74.6 Å². The van der Waals surface area contributed by atoms with Crippen LogP contribution in [0.4, 0.5) is 0 Å². The Labute approximate surface area is 101 Å². The monoisotopic (exact) mass is 270 g/mol. The second-order valence-corrected chi connectivity index (χ2v) is 3.43. The fourth-order valence-electron chi connectivity index (χ4n) is 1.29. The number of thiol groups is 1. The van der Waals surface area contributed by atoms with Gasteiger partial charge >= 0.3 is 11.9 Å². The van der Waals surface area contributed by atoms with Crippen LogP contribution in [0.15, 0.2) is 0 Å². The number of hydrogen-bond acceptors (Lipinski definition) is 3. The van der Waals surface area contributed by atoms with Crippen LogP contribution in [0.3, 0.4) is 0 Å². The van der Waals surface area contributed by atoms with E-state index < -0.39 is 22.6 Å². The Kier molecular flexibility index (Phi) is 7.48. The van der Waals surface area contributed by atoms with Crippen molar-refractivity contribution in [2.24, 2.45) is 5.41 Å². The number of carboxylic acid groups (broad SMARTS) is 2. The second-order valence-electron chi connectivity index (χ2n) is 2.91. The summed E-state index contributed by atoms with van der Waals surface area (Å²) in [6, 6.07) is 0. The van der Waals surface area contributed by atoms with Gasteiger partial charge in [0.1, 0.15) is 5.25 Å². The van der Waals surface area contributed by atoms with Gasteiger partial charge in [0.25, 0.3) is 0 Å². The Hall–Kier alpha value is -0.0866. The van der Waals surface area contributed by atoms with Gasteiger partial charge in [-0.2, -0.15) is 12.6 Å². The van der Waals surface area contributed by atoms with Crippen molar-refractivity contribution in [1.29, 1.82) is 0 Å². The fourth-order valence-corrected chi connectivity index (χ4v) is 1.77. The molecule has 1 atom stereocenters. The molecule has 0 radical (unpaired) electrons. The van der Waals surface area contributed by atoms with Gasteiger partial charge < -0.3 is 10.2 Å². The van der Waals surface area contributed by atoms with E-state index in [0.717, 1.165) is 0 Å². The van der Waals surface area contributed by atoms with E-state index >= 15 is 0 Å². The molecule has 4 nitrogen and oxygen atoms in total. The molecular weight excluding hydrogens is 258 g/mol. The molecule has 0 saturated heterocycles. The molecule has 2 N–H and O–H groups in total. The molecule has 0 aromatic carbocycles. The van der Waals surface area contributed by atoms with E-state index in [4.69, 9.17) is 10.2 Å². The van der Waals surface area contributed by atoms with Gasteiger partial charge in [-0.15, -0.1) is 0 Å². The van der Waals surface area contributed by atoms with Crippen LogP contribution in [0.1, 0.15) is 26.7 Å². The van der Waals surface area contributed by atoms with Gasteiger partial charge in [0, 0.05) is 19.5 Å². The molecule has 0 aliphatic heterocycles. The van der Waals surface area contributed by atoms with Crippen molar-refractivity contribution >= 4 is 24.6 Å². The second kappa shape index (κ2) is 6.41. The third kappa shape index (κ3) is 2.95. The van der Waals surface area contributed by atoms with E-state index in [2.05, 4.69) is 12.6 Å². The molecule has 1 unspecified atom stereocenters. The van der Waals surface area contributed by atoms with Crippen LogP contribution in [-0.2, 0) is 29.1 Å². The van der Waals surface area contributed by atoms with Crippen LogP contribution in [-0.4, -0.2) is 27.4 Å². The van der Waals surface area contributed by atoms with Crippen molar-refractivity contribution in [3.05, 3.63) is 0 Å². The van der Waals surface area contributed by atoms with Gasteiger partial charge in [0.05, 0.1) is 5.41 Å². The summed E-state index contributed by atoms with van der Waals surface area (Å²) >= 11 is 3.82. The van der Waals surface area contributed by atoms with Crippen LogP contribution in [0.25, 0.3) is 0 Å². The molecule has 78 valence electrons. The van der Waals surface area contributed by atoms with Crippen molar-refractivity contribution in [2.75, 3.05) is 0 Å². The van der Waals surface area contributed by atoms with Crippen molar-refractivity contribution in [1.82, 2.24) is 0 Å². The largest absolute Gasteiger partial charge is 0.481 e. The van der Waals surface area contributed by atoms with Gasteiger partial charge in [-0.05, 0) is 12.8 Å². The summed E-state index contributed by atoms with van der Waals surface area (Å²) < 4.78 is 0. The normalized spacial score (nSPS) is 12.8. The summed E-state index contributed by atoms with van der Waals surface area (Å²) in [6.45, 7) is 3.31. The van der Waals surface area contributed by atoms with Gasteiger partial charge in [-0.1, -0.05) is 13.8 Å². The van der Waals surface area contributed by atoms with Crippen molar-refractivity contribution < 1.29 is 39.3 Å². The molecule has 0 aliphatic rings. The average molecular weight is 272 g/mol. The molecule has 0 aliphatic carbocycles. The van der Waals surface area contributed by atoms with Gasteiger partial charge in [-0.3, -0.25) is 9.59 Å². The first-order valence-electron chi connectivity index (χ1n) is 4.06. The fraction of sp³-hybridized carbons (Fsp3) is 0.750. The van der Waals surface area contributed by atoms with E-state index in [0.29, 0.717) is 0 Å². The van der Waals surface area contributed by atoms with Crippen molar-refractivity contribution in [3.63, 3.8) is 0 Å². The predicted octanol–water partition coefficient (Wildman–Crippen LogP) is 1.26. The molecule has 6 heteroatoms. The summed E-state index contributed by atoms with van der Waals surface area (Å²) in [4.78, 5) is 21.5. The first-order chi connectivity index (χ1) is 5.92. The Morgan fingerprint density at radius 3 is 1.71 bits per heavy atom. The molecule has 0 fully saturated rings. The van der Waals surface area contributed by atoms with Crippen LogP contribution in [0.2, 0.25) is 0 Å². The molecule has 0 rings (SSSR count).